The maximum atomic E-state index is 9.09. The van der Waals surface area contributed by atoms with E-state index in [4.69, 9.17) is 9.84 Å². The summed E-state index contributed by atoms with van der Waals surface area (Å²) < 4.78 is 5.14. The lowest BCUT2D eigenvalue weighted by atomic mass is 10.1. The van der Waals surface area contributed by atoms with E-state index in [-0.39, 0.29) is 0 Å². The smallest absolute Gasteiger partial charge is 0.118 e. The van der Waals surface area contributed by atoms with Crippen LogP contribution in [0.15, 0.2) is 24.3 Å². The third kappa shape index (κ3) is 3.45. The van der Waals surface area contributed by atoms with Gasteiger partial charge in [-0.15, -0.1) is 0 Å². The van der Waals surface area contributed by atoms with Crippen LogP contribution in [0.4, 0.5) is 0 Å². The molecule has 1 fully saturated rings. The maximum Gasteiger partial charge on any atom is 0.118 e. The number of aliphatic hydroxyl groups is 1. The van der Waals surface area contributed by atoms with Crippen LogP contribution in [0.3, 0.4) is 0 Å². The highest BCUT2D eigenvalue weighted by Crippen LogP contribution is 2.16. The number of ether oxygens (including phenoxy) is 1. The highest BCUT2D eigenvalue weighted by atomic mass is 16.5. The Labute approximate surface area is 103 Å². The summed E-state index contributed by atoms with van der Waals surface area (Å²) in [6.07, 6.45) is 2.21. The van der Waals surface area contributed by atoms with Gasteiger partial charge < -0.3 is 14.7 Å². The van der Waals surface area contributed by atoms with Crippen LogP contribution in [0.1, 0.15) is 12.0 Å². The Morgan fingerprint density at radius 3 is 2.71 bits per heavy atom. The largest absolute Gasteiger partial charge is 0.497 e. The quantitative estimate of drug-likeness (QED) is 0.840. The Morgan fingerprint density at radius 1 is 1.35 bits per heavy atom. The van der Waals surface area contributed by atoms with Crippen molar-refractivity contribution in [2.24, 2.45) is 5.92 Å². The molecule has 1 aliphatic rings. The van der Waals surface area contributed by atoms with Gasteiger partial charge in [0.1, 0.15) is 5.75 Å². The molecule has 2 rings (SSSR count). The van der Waals surface area contributed by atoms with Gasteiger partial charge in [0.05, 0.1) is 7.11 Å². The van der Waals surface area contributed by atoms with Crippen LogP contribution in [0, 0.1) is 5.92 Å². The molecule has 1 N–H and O–H groups in total. The van der Waals surface area contributed by atoms with Crippen LogP contribution < -0.4 is 4.74 Å². The lowest BCUT2D eigenvalue weighted by Crippen LogP contribution is -2.24. The van der Waals surface area contributed by atoms with Gasteiger partial charge in [0, 0.05) is 19.7 Å². The van der Waals surface area contributed by atoms with Crippen LogP contribution in [-0.2, 0) is 6.42 Å². The fourth-order valence-electron chi connectivity index (χ4n) is 2.34. The summed E-state index contributed by atoms with van der Waals surface area (Å²) in [4.78, 5) is 2.44. The van der Waals surface area contributed by atoms with Crippen molar-refractivity contribution in [3.63, 3.8) is 0 Å². The molecule has 0 radical (unpaired) electrons. The Morgan fingerprint density at radius 2 is 2.12 bits per heavy atom. The second kappa shape index (κ2) is 6.03. The van der Waals surface area contributed by atoms with Crippen molar-refractivity contribution in [2.45, 2.75) is 12.8 Å². The monoisotopic (exact) mass is 235 g/mol. The van der Waals surface area contributed by atoms with E-state index in [1.165, 1.54) is 5.56 Å². The Balaban J connectivity index is 1.78. The first-order valence-corrected chi connectivity index (χ1v) is 6.28. The fourth-order valence-corrected chi connectivity index (χ4v) is 2.34. The third-order valence-corrected chi connectivity index (χ3v) is 3.50. The molecule has 0 saturated carbocycles. The fraction of sp³-hybridized carbons (Fsp3) is 0.571. The average molecular weight is 235 g/mol. The molecule has 0 aromatic heterocycles. The summed E-state index contributed by atoms with van der Waals surface area (Å²) in [5, 5.41) is 9.09. The van der Waals surface area contributed by atoms with E-state index in [9.17, 15) is 0 Å². The molecule has 1 aromatic carbocycles. The van der Waals surface area contributed by atoms with E-state index in [2.05, 4.69) is 17.0 Å². The second-order valence-electron chi connectivity index (χ2n) is 4.74. The van der Waals surface area contributed by atoms with E-state index >= 15 is 0 Å². The highest BCUT2D eigenvalue weighted by Gasteiger charge is 2.20. The van der Waals surface area contributed by atoms with Gasteiger partial charge in [-0.2, -0.15) is 0 Å². The summed E-state index contributed by atoms with van der Waals surface area (Å²) >= 11 is 0. The van der Waals surface area contributed by atoms with Crippen molar-refractivity contribution in [3.05, 3.63) is 29.8 Å². The molecule has 0 aliphatic carbocycles. The molecular weight excluding hydrogens is 214 g/mol. The third-order valence-electron chi connectivity index (χ3n) is 3.50. The SMILES string of the molecule is COc1ccc(CCN2CC[C@H](CO)C2)cc1. The van der Waals surface area contributed by atoms with Crippen LogP contribution in [0.5, 0.6) is 5.75 Å². The number of benzene rings is 1. The van der Waals surface area contributed by atoms with Crippen LogP contribution in [0.2, 0.25) is 0 Å². The molecule has 3 heteroatoms. The highest BCUT2D eigenvalue weighted by molar-refractivity contribution is 5.27. The van der Waals surface area contributed by atoms with Crippen molar-refractivity contribution < 1.29 is 9.84 Å². The van der Waals surface area contributed by atoms with E-state index in [0.29, 0.717) is 12.5 Å². The van der Waals surface area contributed by atoms with E-state index in [1.807, 2.05) is 12.1 Å². The topological polar surface area (TPSA) is 32.7 Å². The maximum absolute atomic E-state index is 9.09. The molecule has 1 saturated heterocycles. The van der Waals surface area contributed by atoms with E-state index < -0.39 is 0 Å². The zero-order valence-corrected chi connectivity index (χ0v) is 10.4. The molecule has 1 aromatic rings. The molecule has 1 atom stereocenters. The van der Waals surface area contributed by atoms with Gasteiger partial charge in [0.25, 0.3) is 0 Å². The molecule has 0 unspecified atom stereocenters. The molecule has 1 aliphatic heterocycles. The predicted octanol–water partition coefficient (Wildman–Crippen LogP) is 1.55. The number of aliphatic hydroxyl groups excluding tert-OH is 1. The Hall–Kier alpha value is -1.06. The number of rotatable bonds is 5. The minimum atomic E-state index is 0.332. The van der Waals surface area contributed by atoms with Gasteiger partial charge in [-0.1, -0.05) is 12.1 Å². The molecule has 0 bridgehead atoms. The normalized spacial score (nSPS) is 20.7. The van der Waals surface area contributed by atoms with Crippen LogP contribution in [-0.4, -0.2) is 43.4 Å². The van der Waals surface area contributed by atoms with Gasteiger partial charge in [-0.25, -0.2) is 0 Å². The number of nitrogens with zero attached hydrogens (tertiary/aromatic N) is 1. The molecule has 3 nitrogen and oxygen atoms in total. The number of hydrogen-bond donors (Lipinski definition) is 1. The molecule has 94 valence electrons. The lowest BCUT2D eigenvalue weighted by molar-refractivity contribution is 0.222. The van der Waals surface area contributed by atoms with Gasteiger partial charge in [0.2, 0.25) is 0 Å². The molecule has 17 heavy (non-hydrogen) atoms. The average Bonchev–Trinajstić information content (AvgIpc) is 2.85. The lowest BCUT2D eigenvalue weighted by Gasteiger charge is -2.15. The van der Waals surface area contributed by atoms with Crippen molar-refractivity contribution in [3.8, 4) is 5.75 Å². The summed E-state index contributed by atoms with van der Waals surface area (Å²) in [6, 6.07) is 8.27. The first-order chi connectivity index (χ1) is 8.31. The predicted molar refractivity (Wildman–Crippen MR) is 68.3 cm³/mol. The standard InChI is InChI=1S/C14H21NO2/c1-17-14-4-2-12(3-5-14)6-8-15-9-7-13(10-15)11-16/h2-5,13,16H,6-11H2,1H3/t13-/m0/s1. The van der Waals surface area contributed by atoms with Crippen molar-refractivity contribution >= 4 is 0 Å². The summed E-state index contributed by atoms with van der Waals surface area (Å²) in [5.74, 6) is 1.40. The first kappa shape index (κ1) is 12.4. The minimum Gasteiger partial charge on any atom is -0.497 e. The van der Waals surface area contributed by atoms with Gasteiger partial charge in [-0.3, -0.25) is 0 Å². The van der Waals surface area contributed by atoms with E-state index in [0.717, 1.165) is 38.2 Å². The molecule has 0 spiro atoms. The number of hydrogen-bond acceptors (Lipinski definition) is 3. The molecular formula is C14H21NO2. The van der Waals surface area contributed by atoms with Crippen LogP contribution >= 0.6 is 0 Å². The van der Waals surface area contributed by atoms with Gasteiger partial charge >= 0.3 is 0 Å². The number of methoxy groups -OCH3 is 1. The van der Waals surface area contributed by atoms with Crippen molar-refractivity contribution in [1.29, 1.82) is 0 Å². The Bertz CT molecular complexity index is 337. The van der Waals surface area contributed by atoms with E-state index in [1.54, 1.807) is 7.11 Å². The zero-order valence-electron chi connectivity index (χ0n) is 10.4. The Kier molecular flexibility index (Phi) is 4.40. The molecule has 0 amide bonds. The first-order valence-electron chi connectivity index (χ1n) is 6.28. The summed E-state index contributed by atoms with van der Waals surface area (Å²) in [6.45, 7) is 3.59. The zero-order chi connectivity index (χ0) is 12.1. The summed E-state index contributed by atoms with van der Waals surface area (Å²) in [7, 11) is 1.69. The van der Waals surface area contributed by atoms with Crippen molar-refractivity contribution in [1.82, 2.24) is 4.90 Å². The van der Waals surface area contributed by atoms with Crippen LogP contribution in [0.25, 0.3) is 0 Å². The minimum absolute atomic E-state index is 0.332. The summed E-state index contributed by atoms with van der Waals surface area (Å²) in [5.41, 5.74) is 1.35. The second-order valence-corrected chi connectivity index (χ2v) is 4.74. The van der Waals surface area contributed by atoms with Gasteiger partial charge in [0.15, 0.2) is 0 Å². The molecule has 1 heterocycles. The number of likely N-dealkylation sites (tertiary alicyclic amines) is 1. The van der Waals surface area contributed by atoms with Crippen molar-refractivity contribution in [2.75, 3.05) is 33.4 Å². The van der Waals surface area contributed by atoms with Gasteiger partial charge in [-0.05, 0) is 43.0 Å².